The van der Waals surface area contributed by atoms with Crippen molar-refractivity contribution < 1.29 is 23.0 Å². The van der Waals surface area contributed by atoms with Gasteiger partial charge >= 0.3 is 5.97 Å². The summed E-state index contributed by atoms with van der Waals surface area (Å²) in [5.74, 6) is -0.830. The summed E-state index contributed by atoms with van der Waals surface area (Å²) in [4.78, 5) is 14.7. The third kappa shape index (κ3) is 2.39. The lowest BCUT2D eigenvalue weighted by Crippen LogP contribution is -2.09. The zero-order chi connectivity index (χ0) is 11.4. The highest BCUT2D eigenvalue weighted by Gasteiger charge is 2.21. The van der Waals surface area contributed by atoms with E-state index in [1.54, 1.807) is 0 Å². The van der Waals surface area contributed by atoms with Gasteiger partial charge in [-0.3, -0.25) is 0 Å². The molecule has 0 aliphatic rings. The van der Waals surface area contributed by atoms with Gasteiger partial charge in [-0.2, -0.15) is 0 Å². The summed E-state index contributed by atoms with van der Waals surface area (Å²) < 4.78 is 34.0. The molecule has 82 valence electrons. The molecular weight excluding hydrogens is 208 g/mol. The Labute approximate surface area is 84.8 Å². The average Bonchev–Trinajstić information content (AvgIpc) is 2.26. The van der Waals surface area contributed by atoms with Crippen LogP contribution in [-0.4, -0.2) is 25.2 Å². The van der Waals surface area contributed by atoms with E-state index in [0.29, 0.717) is 0 Å². The first kappa shape index (κ1) is 11.4. The lowest BCUT2D eigenvalue weighted by Gasteiger charge is -2.07. The van der Waals surface area contributed by atoms with E-state index < -0.39 is 23.7 Å². The van der Waals surface area contributed by atoms with Gasteiger partial charge in [-0.1, -0.05) is 0 Å². The maximum Gasteiger partial charge on any atom is 0.357 e. The number of esters is 1. The highest BCUT2D eigenvalue weighted by molar-refractivity contribution is 5.89. The monoisotopic (exact) mass is 217 g/mol. The van der Waals surface area contributed by atoms with Gasteiger partial charge in [-0.25, -0.2) is 18.6 Å². The molecule has 1 heterocycles. The van der Waals surface area contributed by atoms with Crippen molar-refractivity contribution >= 4 is 5.97 Å². The zero-order valence-electron chi connectivity index (χ0n) is 8.16. The minimum absolute atomic E-state index is 0.0831. The predicted molar refractivity (Wildman–Crippen MR) is 47.1 cm³/mol. The molecule has 0 aromatic carbocycles. The lowest BCUT2D eigenvalue weighted by atomic mass is 10.2. The van der Waals surface area contributed by atoms with Gasteiger partial charge in [-0.05, 0) is 6.07 Å². The number of methoxy groups -OCH3 is 2. The Hall–Kier alpha value is -1.72. The first-order valence-corrected chi connectivity index (χ1v) is 4.01. The Morgan fingerprint density at radius 2 is 2.07 bits per heavy atom. The summed E-state index contributed by atoms with van der Waals surface area (Å²) in [5.41, 5.74) is -0.894. The van der Waals surface area contributed by atoms with Crippen LogP contribution in [-0.2, 0) is 4.74 Å². The van der Waals surface area contributed by atoms with Crippen molar-refractivity contribution in [3.8, 4) is 5.88 Å². The summed E-state index contributed by atoms with van der Waals surface area (Å²) in [7, 11) is 2.42. The standard InChI is InChI=1S/C9H9F2NO3/c1-14-6-4-3-5(8(10)11)7(12-6)9(13)15-2/h3-4,8H,1-2H3. The fraction of sp³-hybridized carbons (Fsp3) is 0.333. The van der Waals surface area contributed by atoms with Crippen LogP contribution in [0.25, 0.3) is 0 Å². The highest BCUT2D eigenvalue weighted by Crippen LogP contribution is 2.24. The minimum Gasteiger partial charge on any atom is -0.481 e. The van der Waals surface area contributed by atoms with Crippen molar-refractivity contribution in [3.05, 3.63) is 23.4 Å². The number of carbonyl (C=O) groups is 1. The van der Waals surface area contributed by atoms with E-state index in [-0.39, 0.29) is 5.88 Å². The van der Waals surface area contributed by atoms with Gasteiger partial charge in [0.25, 0.3) is 6.43 Å². The molecule has 1 aromatic rings. The van der Waals surface area contributed by atoms with E-state index in [4.69, 9.17) is 4.74 Å². The second-order valence-electron chi connectivity index (χ2n) is 2.58. The maximum absolute atomic E-state index is 12.5. The van der Waals surface area contributed by atoms with Gasteiger partial charge in [0.05, 0.1) is 19.8 Å². The van der Waals surface area contributed by atoms with Crippen LogP contribution >= 0.6 is 0 Å². The van der Waals surface area contributed by atoms with Gasteiger partial charge < -0.3 is 9.47 Å². The Morgan fingerprint density at radius 3 is 2.53 bits per heavy atom. The van der Waals surface area contributed by atoms with Crippen molar-refractivity contribution in [1.29, 1.82) is 0 Å². The molecule has 0 unspecified atom stereocenters. The maximum atomic E-state index is 12.5. The molecule has 15 heavy (non-hydrogen) atoms. The average molecular weight is 217 g/mol. The van der Waals surface area contributed by atoms with Crippen LogP contribution in [0.1, 0.15) is 22.5 Å². The van der Waals surface area contributed by atoms with Crippen molar-refractivity contribution in [3.63, 3.8) is 0 Å². The topological polar surface area (TPSA) is 48.4 Å². The summed E-state index contributed by atoms with van der Waals surface area (Å²) in [6.45, 7) is 0. The number of aromatic nitrogens is 1. The smallest absolute Gasteiger partial charge is 0.357 e. The Balaban J connectivity index is 3.22. The van der Waals surface area contributed by atoms with Crippen LogP contribution in [0.2, 0.25) is 0 Å². The number of hydrogen-bond acceptors (Lipinski definition) is 4. The molecule has 0 saturated carbocycles. The molecule has 1 aromatic heterocycles. The lowest BCUT2D eigenvalue weighted by molar-refractivity contribution is 0.0580. The summed E-state index contributed by atoms with van der Waals surface area (Å²) >= 11 is 0. The summed E-state index contributed by atoms with van der Waals surface area (Å²) in [5, 5.41) is 0. The van der Waals surface area contributed by atoms with Crippen molar-refractivity contribution in [1.82, 2.24) is 4.98 Å². The normalized spacial score (nSPS) is 10.2. The molecule has 0 radical (unpaired) electrons. The summed E-state index contributed by atoms with van der Waals surface area (Å²) in [6, 6.07) is 2.34. The number of ether oxygens (including phenoxy) is 2. The van der Waals surface area contributed by atoms with E-state index >= 15 is 0 Å². The second kappa shape index (κ2) is 4.68. The van der Waals surface area contributed by atoms with Crippen LogP contribution in [0.15, 0.2) is 12.1 Å². The van der Waals surface area contributed by atoms with Gasteiger partial charge in [0, 0.05) is 6.07 Å². The van der Waals surface area contributed by atoms with E-state index in [1.807, 2.05) is 0 Å². The third-order valence-electron chi connectivity index (χ3n) is 1.72. The third-order valence-corrected chi connectivity index (χ3v) is 1.72. The number of pyridine rings is 1. The Bertz CT molecular complexity index is 368. The molecule has 1 rings (SSSR count). The molecule has 4 nitrogen and oxygen atoms in total. The van der Waals surface area contributed by atoms with Crippen LogP contribution in [0.3, 0.4) is 0 Å². The Kier molecular flexibility index (Phi) is 3.54. The van der Waals surface area contributed by atoms with Crippen LogP contribution in [0.5, 0.6) is 5.88 Å². The van der Waals surface area contributed by atoms with Gasteiger partial charge in [0.1, 0.15) is 0 Å². The van der Waals surface area contributed by atoms with E-state index in [1.165, 1.54) is 13.2 Å². The van der Waals surface area contributed by atoms with Gasteiger partial charge in [-0.15, -0.1) is 0 Å². The minimum atomic E-state index is -2.78. The fourth-order valence-electron chi connectivity index (χ4n) is 1.00. The van der Waals surface area contributed by atoms with Crippen molar-refractivity contribution in [2.24, 2.45) is 0 Å². The number of alkyl halides is 2. The van der Waals surface area contributed by atoms with Gasteiger partial charge in [0.15, 0.2) is 5.69 Å². The molecule has 0 aliphatic carbocycles. The van der Waals surface area contributed by atoms with Crippen LogP contribution in [0, 0.1) is 0 Å². The van der Waals surface area contributed by atoms with Gasteiger partial charge in [0.2, 0.25) is 5.88 Å². The second-order valence-corrected chi connectivity index (χ2v) is 2.58. The summed E-state index contributed by atoms with van der Waals surface area (Å²) in [6.07, 6.45) is -2.78. The van der Waals surface area contributed by atoms with E-state index in [2.05, 4.69) is 9.72 Å². The van der Waals surface area contributed by atoms with Crippen molar-refractivity contribution in [2.75, 3.05) is 14.2 Å². The molecular formula is C9H9F2NO3. The first-order chi connectivity index (χ1) is 7.10. The van der Waals surface area contributed by atoms with E-state index in [0.717, 1.165) is 13.2 Å². The highest BCUT2D eigenvalue weighted by atomic mass is 19.3. The molecule has 6 heteroatoms. The van der Waals surface area contributed by atoms with E-state index in [9.17, 15) is 13.6 Å². The molecule has 0 aliphatic heterocycles. The number of carbonyl (C=O) groups excluding carboxylic acids is 1. The van der Waals surface area contributed by atoms with Crippen LogP contribution in [0.4, 0.5) is 8.78 Å². The number of rotatable bonds is 3. The molecule has 0 bridgehead atoms. The molecule has 0 saturated heterocycles. The van der Waals surface area contributed by atoms with Crippen molar-refractivity contribution in [2.45, 2.75) is 6.43 Å². The van der Waals surface area contributed by atoms with Crippen LogP contribution < -0.4 is 4.74 Å². The molecule has 0 fully saturated rings. The molecule has 0 N–H and O–H groups in total. The predicted octanol–water partition coefficient (Wildman–Crippen LogP) is 1.81. The largest absolute Gasteiger partial charge is 0.481 e. The Morgan fingerprint density at radius 1 is 1.40 bits per heavy atom. The zero-order valence-corrected chi connectivity index (χ0v) is 8.16. The fourth-order valence-corrected chi connectivity index (χ4v) is 1.00. The number of halogens is 2. The molecule has 0 amide bonds. The molecule has 0 atom stereocenters. The quantitative estimate of drug-likeness (QED) is 0.724. The first-order valence-electron chi connectivity index (χ1n) is 4.01. The SMILES string of the molecule is COC(=O)c1nc(OC)ccc1C(F)F. The number of hydrogen-bond donors (Lipinski definition) is 0. The number of nitrogens with zero attached hydrogens (tertiary/aromatic N) is 1. The molecule has 0 spiro atoms.